The van der Waals surface area contributed by atoms with Crippen molar-refractivity contribution >= 4 is 27.3 Å². The number of amides is 1. The number of thiophene rings is 1. The van der Waals surface area contributed by atoms with Gasteiger partial charge in [0.25, 0.3) is 10.0 Å². The van der Waals surface area contributed by atoms with E-state index in [4.69, 9.17) is 0 Å². The van der Waals surface area contributed by atoms with Crippen LogP contribution in [0.5, 0.6) is 0 Å². The maximum absolute atomic E-state index is 12.7. The van der Waals surface area contributed by atoms with Crippen LogP contribution in [0.2, 0.25) is 0 Å². The van der Waals surface area contributed by atoms with E-state index in [1.54, 1.807) is 12.1 Å². The monoisotopic (exact) mass is 449 g/mol. The topological polar surface area (TPSA) is 69.7 Å². The van der Waals surface area contributed by atoms with Crippen LogP contribution in [0.3, 0.4) is 0 Å². The predicted molar refractivity (Wildman–Crippen MR) is 121 cm³/mol. The molecule has 164 valence electrons. The van der Waals surface area contributed by atoms with Gasteiger partial charge in [0.05, 0.1) is 12.5 Å². The molecule has 3 rings (SSSR count). The van der Waals surface area contributed by atoms with Crippen molar-refractivity contribution in [3.8, 4) is 0 Å². The molecule has 0 spiro atoms. The molecule has 1 fully saturated rings. The van der Waals surface area contributed by atoms with E-state index in [1.807, 2.05) is 18.2 Å². The Bertz CT molecular complexity index is 918. The van der Waals surface area contributed by atoms with Gasteiger partial charge in [-0.2, -0.15) is 4.31 Å². The van der Waals surface area contributed by atoms with E-state index in [1.165, 1.54) is 21.2 Å². The minimum Gasteiger partial charge on any atom is -0.354 e. The summed E-state index contributed by atoms with van der Waals surface area (Å²) in [4.78, 5) is 15.7. The molecule has 30 heavy (non-hydrogen) atoms. The average molecular weight is 450 g/mol. The zero-order chi connectivity index (χ0) is 21.6. The molecule has 1 aromatic carbocycles. The minimum absolute atomic E-state index is 0.0879. The molecular formula is C22H31N3O3S2. The zero-order valence-corrected chi connectivity index (χ0v) is 19.3. The lowest BCUT2D eigenvalue weighted by Crippen LogP contribution is -2.38. The molecule has 1 atom stereocenters. The van der Waals surface area contributed by atoms with E-state index in [-0.39, 0.29) is 18.4 Å². The number of sulfonamides is 1. The summed E-state index contributed by atoms with van der Waals surface area (Å²) in [6, 6.07) is 13.7. The first-order valence-electron chi connectivity index (χ1n) is 10.6. The van der Waals surface area contributed by atoms with Gasteiger partial charge >= 0.3 is 0 Å². The van der Waals surface area contributed by atoms with Gasteiger partial charge in [-0.1, -0.05) is 44.2 Å². The second-order valence-corrected chi connectivity index (χ2v) is 10.8. The number of hydrogen-bond donors (Lipinski definition) is 1. The first-order chi connectivity index (χ1) is 14.5. The van der Waals surface area contributed by atoms with Crippen molar-refractivity contribution in [2.45, 2.75) is 43.4 Å². The fourth-order valence-corrected chi connectivity index (χ4v) is 6.90. The Morgan fingerprint density at radius 3 is 2.40 bits per heavy atom. The molecule has 1 amide bonds. The second-order valence-electron chi connectivity index (χ2n) is 7.46. The SMILES string of the molecule is CCN(CC)C(CNC(=O)Cc1ccc(S(=O)(=O)N2CCCC2)s1)c1ccccc1. The lowest BCUT2D eigenvalue weighted by Gasteiger charge is -2.30. The lowest BCUT2D eigenvalue weighted by atomic mass is 10.0. The van der Waals surface area contributed by atoms with Crippen molar-refractivity contribution in [3.63, 3.8) is 0 Å². The molecule has 1 N–H and O–H groups in total. The van der Waals surface area contributed by atoms with Crippen LogP contribution in [0, 0.1) is 0 Å². The van der Waals surface area contributed by atoms with Gasteiger partial charge in [-0.3, -0.25) is 9.69 Å². The molecule has 1 saturated heterocycles. The van der Waals surface area contributed by atoms with Gasteiger partial charge in [0.2, 0.25) is 5.91 Å². The second kappa shape index (κ2) is 10.5. The van der Waals surface area contributed by atoms with Crippen LogP contribution in [0.25, 0.3) is 0 Å². The molecule has 1 aromatic heterocycles. The van der Waals surface area contributed by atoms with E-state index in [0.29, 0.717) is 23.8 Å². The van der Waals surface area contributed by atoms with E-state index in [0.717, 1.165) is 30.8 Å². The summed E-state index contributed by atoms with van der Waals surface area (Å²) in [5.41, 5.74) is 1.18. The molecule has 2 heterocycles. The third-order valence-electron chi connectivity index (χ3n) is 5.56. The number of rotatable bonds is 10. The van der Waals surface area contributed by atoms with Crippen LogP contribution < -0.4 is 5.32 Å². The van der Waals surface area contributed by atoms with Crippen molar-refractivity contribution in [2.24, 2.45) is 0 Å². The maximum Gasteiger partial charge on any atom is 0.252 e. The number of hydrogen-bond acceptors (Lipinski definition) is 5. The van der Waals surface area contributed by atoms with Gasteiger partial charge in [0.1, 0.15) is 4.21 Å². The van der Waals surface area contributed by atoms with Gasteiger partial charge in [-0.15, -0.1) is 11.3 Å². The molecule has 6 nitrogen and oxygen atoms in total. The zero-order valence-electron chi connectivity index (χ0n) is 17.7. The summed E-state index contributed by atoms with van der Waals surface area (Å²) in [6.45, 7) is 7.73. The van der Waals surface area contributed by atoms with Gasteiger partial charge in [-0.25, -0.2) is 8.42 Å². The molecule has 2 aromatic rings. The van der Waals surface area contributed by atoms with Crippen molar-refractivity contribution in [2.75, 3.05) is 32.7 Å². The van der Waals surface area contributed by atoms with Crippen LogP contribution in [-0.2, 0) is 21.2 Å². The normalized spacial score (nSPS) is 16.1. The van der Waals surface area contributed by atoms with E-state index in [2.05, 4.69) is 36.2 Å². The number of likely N-dealkylation sites (N-methyl/N-ethyl adjacent to an activating group) is 1. The van der Waals surface area contributed by atoms with E-state index >= 15 is 0 Å². The van der Waals surface area contributed by atoms with Gasteiger partial charge < -0.3 is 5.32 Å². The van der Waals surface area contributed by atoms with Crippen LogP contribution in [0.15, 0.2) is 46.7 Å². The molecule has 1 unspecified atom stereocenters. The summed E-state index contributed by atoms with van der Waals surface area (Å²) < 4.78 is 27.2. The molecule has 1 aliphatic heterocycles. The third kappa shape index (κ3) is 5.49. The largest absolute Gasteiger partial charge is 0.354 e. The van der Waals surface area contributed by atoms with E-state index < -0.39 is 10.0 Å². The Morgan fingerprint density at radius 1 is 1.10 bits per heavy atom. The Labute approximate surface area is 183 Å². The van der Waals surface area contributed by atoms with Crippen molar-refractivity contribution in [1.29, 1.82) is 0 Å². The molecule has 0 aliphatic carbocycles. The highest BCUT2D eigenvalue weighted by Crippen LogP contribution is 2.27. The quantitative estimate of drug-likeness (QED) is 0.604. The van der Waals surface area contributed by atoms with Crippen LogP contribution in [0.1, 0.15) is 43.2 Å². The number of carbonyl (C=O) groups excluding carboxylic acids is 1. The summed E-state index contributed by atoms with van der Waals surface area (Å²) in [5, 5.41) is 3.05. The summed E-state index contributed by atoms with van der Waals surface area (Å²) in [5.74, 6) is -0.0879. The molecule has 0 radical (unpaired) electrons. The summed E-state index contributed by atoms with van der Waals surface area (Å²) in [6.07, 6.45) is 2.02. The highest BCUT2D eigenvalue weighted by Gasteiger charge is 2.28. The van der Waals surface area contributed by atoms with Gasteiger partial charge in [0.15, 0.2) is 0 Å². The average Bonchev–Trinajstić information content (AvgIpc) is 3.44. The Balaban J connectivity index is 1.61. The molecule has 8 heteroatoms. The van der Waals surface area contributed by atoms with E-state index in [9.17, 15) is 13.2 Å². The molecule has 0 bridgehead atoms. The highest BCUT2D eigenvalue weighted by molar-refractivity contribution is 7.91. The summed E-state index contributed by atoms with van der Waals surface area (Å²) in [7, 11) is -3.42. The van der Waals surface area contributed by atoms with Crippen LogP contribution >= 0.6 is 11.3 Å². The standard InChI is InChI=1S/C22H31N3O3S2/c1-3-24(4-2)20(18-10-6-5-7-11-18)17-23-21(26)16-19-12-13-22(29-19)30(27,28)25-14-8-9-15-25/h5-7,10-13,20H,3-4,8-9,14-17H2,1-2H3,(H,23,26). The predicted octanol–water partition coefficient (Wildman–Crippen LogP) is 3.27. The van der Waals surface area contributed by atoms with Crippen LogP contribution in [-0.4, -0.2) is 56.3 Å². The number of benzene rings is 1. The number of carbonyl (C=O) groups is 1. The number of nitrogens with one attached hydrogen (secondary N) is 1. The molecular weight excluding hydrogens is 418 g/mol. The van der Waals surface area contributed by atoms with Crippen molar-refractivity contribution < 1.29 is 13.2 Å². The van der Waals surface area contributed by atoms with Crippen molar-refractivity contribution in [1.82, 2.24) is 14.5 Å². The fraction of sp³-hybridized carbons (Fsp3) is 0.500. The fourth-order valence-electron chi connectivity index (χ4n) is 3.88. The van der Waals surface area contributed by atoms with Gasteiger partial charge in [0, 0.05) is 24.5 Å². The van der Waals surface area contributed by atoms with Crippen molar-refractivity contribution in [3.05, 3.63) is 52.9 Å². The smallest absolute Gasteiger partial charge is 0.252 e. The minimum atomic E-state index is -3.42. The maximum atomic E-state index is 12.7. The first-order valence-corrected chi connectivity index (χ1v) is 12.9. The summed E-state index contributed by atoms with van der Waals surface area (Å²) >= 11 is 1.20. The Hall–Kier alpha value is -1.74. The van der Waals surface area contributed by atoms with Crippen LogP contribution in [0.4, 0.5) is 0 Å². The Kier molecular flexibility index (Phi) is 8.05. The highest BCUT2D eigenvalue weighted by atomic mass is 32.2. The van der Waals surface area contributed by atoms with Gasteiger partial charge in [-0.05, 0) is 43.6 Å². The molecule has 0 saturated carbocycles. The Morgan fingerprint density at radius 2 is 1.77 bits per heavy atom. The third-order valence-corrected chi connectivity index (χ3v) is 9.01. The lowest BCUT2D eigenvalue weighted by molar-refractivity contribution is -0.120. The number of nitrogens with zero attached hydrogens (tertiary/aromatic N) is 2. The first kappa shape index (κ1) is 22.9. The molecule has 1 aliphatic rings.